The fraction of sp³-hybridized carbons (Fsp3) is 0.300. The molecule has 2 fully saturated rings. The van der Waals surface area contributed by atoms with Crippen molar-refractivity contribution >= 4 is 11.9 Å². The molecule has 134 valence electrons. The van der Waals surface area contributed by atoms with Crippen molar-refractivity contribution in [2.45, 2.75) is 12.2 Å². The number of carbonyl (C=O) groups is 2. The van der Waals surface area contributed by atoms with E-state index in [-0.39, 0.29) is 24.1 Å². The summed E-state index contributed by atoms with van der Waals surface area (Å²) < 4.78 is 20.3. The summed E-state index contributed by atoms with van der Waals surface area (Å²) in [5, 5.41) is 0. The van der Waals surface area contributed by atoms with Crippen LogP contribution in [0, 0.1) is 0 Å². The molecule has 2 saturated heterocycles. The van der Waals surface area contributed by atoms with E-state index in [4.69, 9.17) is 18.9 Å². The van der Waals surface area contributed by atoms with Crippen molar-refractivity contribution in [3.63, 3.8) is 0 Å². The summed E-state index contributed by atoms with van der Waals surface area (Å²) in [6.07, 6.45) is 0.112. The third kappa shape index (κ3) is 4.28. The highest BCUT2D eigenvalue weighted by atomic mass is 16.6. The Morgan fingerprint density at radius 1 is 0.731 bits per heavy atom. The highest BCUT2D eigenvalue weighted by Gasteiger charge is 2.25. The molecule has 0 saturated carbocycles. The number of ether oxygens (including phenoxy) is 4. The number of epoxide rings is 2. The maximum absolute atomic E-state index is 11.9. The Morgan fingerprint density at radius 2 is 1.08 bits per heavy atom. The van der Waals surface area contributed by atoms with Gasteiger partial charge in [0.1, 0.15) is 25.4 Å². The molecule has 2 heterocycles. The first-order valence-corrected chi connectivity index (χ1v) is 8.47. The first kappa shape index (κ1) is 16.8. The van der Waals surface area contributed by atoms with Gasteiger partial charge in [-0.2, -0.15) is 0 Å². The molecule has 0 spiro atoms. The maximum atomic E-state index is 11.9. The van der Waals surface area contributed by atoms with Crippen molar-refractivity contribution in [3.05, 3.63) is 59.7 Å². The Morgan fingerprint density at radius 3 is 1.38 bits per heavy atom. The van der Waals surface area contributed by atoms with Gasteiger partial charge in [-0.15, -0.1) is 0 Å². The second-order valence-electron chi connectivity index (χ2n) is 6.26. The van der Waals surface area contributed by atoms with Crippen LogP contribution in [0.15, 0.2) is 48.5 Å². The fourth-order valence-corrected chi connectivity index (χ4v) is 2.43. The van der Waals surface area contributed by atoms with Crippen molar-refractivity contribution in [1.29, 1.82) is 0 Å². The van der Waals surface area contributed by atoms with Gasteiger partial charge in [-0.1, -0.05) is 24.3 Å². The quantitative estimate of drug-likeness (QED) is 0.561. The molecule has 0 aliphatic carbocycles. The Balaban J connectivity index is 1.36. The highest BCUT2D eigenvalue weighted by molar-refractivity contribution is 5.91. The van der Waals surface area contributed by atoms with Crippen LogP contribution in [0.5, 0.6) is 0 Å². The summed E-state index contributed by atoms with van der Waals surface area (Å²) in [6, 6.07) is 14.3. The molecule has 6 nitrogen and oxygen atoms in total. The van der Waals surface area contributed by atoms with Crippen molar-refractivity contribution in [1.82, 2.24) is 0 Å². The highest BCUT2D eigenvalue weighted by Crippen LogP contribution is 2.21. The number of rotatable bonds is 7. The van der Waals surface area contributed by atoms with Gasteiger partial charge >= 0.3 is 11.9 Å². The van der Waals surface area contributed by atoms with Crippen LogP contribution < -0.4 is 0 Å². The summed E-state index contributed by atoms with van der Waals surface area (Å²) in [5.74, 6) is -0.713. The molecule has 0 aromatic heterocycles. The molecule has 2 aromatic carbocycles. The van der Waals surface area contributed by atoms with Crippen LogP contribution in [0.25, 0.3) is 11.1 Å². The largest absolute Gasteiger partial charge is 0.459 e. The average molecular weight is 354 g/mol. The van der Waals surface area contributed by atoms with Crippen LogP contribution in [0.2, 0.25) is 0 Å². The molecule has 2 aromatic rings. The smallest absolute Gasteiger partial charge is 0.338 e. The molecule has 0 radical (unpaired) electrons. The molecule has 0 bridgehead atoms. The average Bonchev–Trinajstić information content (AvgIpc) is 3.59. The van der Waals surface area contributed by atoms with E-state index in [0.717, 1.165) is 11.1 Å². The van der Waals surface area contributed by atoms with E-state index in [2.05, 4.69) is 0 Å². The molecule has 2 aliphatic heterocycles. The molecule has 1 unspecified atom stereocenters. The minimum Gasteiger partial charge on any atom is -0.459 e. The van der Waals surface area contributed by atoms with Crippen molar-refractivity contribution in [3.8, 4) is 11.1 Å². The zero-order chi connectivity index (χ0) is 17.9. The summed E-state index contributed by atoms with van der Waals surface area (Å²) in [4.78, 5) is 23.8. The number of esters is 2. The first-order valence-electron chi connectivity index (χ1n) is 8.47. The van der Waals surface area contributed by atoms with E-state index in [1.54, 1.807) is 24.3 Å². The van der Waals surface area contributed by atoms with Crippen LogP contribution in [-0.4, -0.2) is 50.6 Å². The van der Waals surface area contributed by atoms with Gasteiger partial charge in [0.15, 0.2) is 0 Å². The zero-order valence-corrected chi connectivity index (χ0v) is 14.1. The maximum Gasteiger partial charge on any atom is 0.338 e. The van der Waals surface area contributed by atoms with E-state index >= 15 is 0 Å². The minimum atomic E-state index is -0.357. The second kappa shape index (κ2) is 7.27. The van der Waals surface area contributed by atoms with Gasteiger partial charge in [0.2, 0.25) is 0 Å². The third-order valence-corrected chi connectivity index (χ3v) is 4.18. The molecule has 2 atom stereocenters. The van der Waals surface area contributed by atoms with E-state index in [1.165, 1.54) is 0 Å². The molecule has 2 aliphatic rings. The van der Waals surface area contributed by atoms with Crippen LogP contribution in [0.3, 0.4) is 0 Å². The fourth-order valence-electron chi connectivity index (χ4n) is 2.43. The van der Waals surface area contributed by atoms with Crippen LogP contribution in [-0.2, 0) is 18.9 Å². The Bertz CT molecular complexity index is 719. The van der Waals surface area contributed by atoms with Gasteiger partial charge in [0.05, 0.1) is 24.3 Å². The normalized spacial score (nSPS) is 20.3. The van der Waals surface area contributed by atoms with Gasteiger partial charge in [-0.05, 0) is 35.4 Å². The van der Waals surface area contributed by atoms with Crippen LogP contribution in [0.4, 0.5) is 0 Å². The molecule has 0 N–H and O–H groups in total. The molecule has 4 rings (SSSR count). The van der Waals surface area contributed by atoms with Gasteiger partial charge in [-0.25, -0.2) is 9.59 Å². The first-order chi connectivity index (χ1) is 12.7. The van der Waals surface area contributed by atoms with Gasteiger partial charge in [-0.3, -0.25) is 0 Å². The van der Waals surface area contributed by atoms with Crippen molar-refractivity contribution in [2.24, 2.45) is 0 Å². The van der Waals surface area contributed by atoms with Crippen molar-refractivity contribution < 1.29 is 28.5 Å². The lowest BCUT2D eigenvalue weighted by atomic mass is 10.0. The minimum absolute atomic E-state index is 0.0558. The summed E-state index contributed by atoms with van der Waals surface area (Å²) in [5.41, 5.74) is 2.88. The molecular formula is C20H18O6. The standard InChI is InChI=1S/C20H18O6/c21-19(25-11-17-9-23-17)15-5-1-13(2-6-15)14-3-7-16(8-4-14)20(22)26-12-18-10-24-18/h1-8,17-18H,9-12H2/t17-,18?/m1/s1. The number of hydrogen-bond donors (Lipinski definition) is 0. The van der Waals surface area contributed by atoms with Gasteiger partial charge in [0, 0.05) is 0 Å². The molecular weight excluding hydrogens is 336 g/mol. The third-order valence-electron chi connectivity index (χ3n) is 4.18. The zero-order valence-electron chi connectivity index (χ0n) is 14.1. The number of hydrogen-bond acceptors (Lipinski definition) is 6. The predicted molar refractivity (Wildman–Crippen MR) is 91.9 cm³/mol. The van der Waals surface area contributed by atoms with Crippen LogP contribution >= 0.6 is 0 Å². The predicted octanol–water partition coefficient (Wildman–Crippen LogP) is 2.46. The topological polar surface area (TPSA) is 77.7 Å². The second-order valence-corrected chi connectivity index (χ2v) is 6.26. The number of benzene rings is 2. The number of carbonyl (C=O) groups excluding carboxylic acids is 2. The Kier molecular flexibility index (Phi) is 4.69. The van der Waals surface area contributed by atoms with E-state index < -0.39 is 0 Å². The molecule has 26 heavy (non-hydrogen) atoms. The van der Waals surface area contributed by atoms with E-state index in [1.807, 2.05) is 24.3 Å². The lowest BCUT2D eigenvalue weighted by Crippen LogP contribution is -2.10. The monoisotopic (exact) mass is 354 g/mol. The van der Waals surface area contributed by atoms with Gasteiger partial charge in [0.25, 0.3) is 0 Å². The lowest BCUT2D eigenvalue weighted by Gasteiger charge is -2.06. The Labute approximate surface area is 150 Å². The SMILES string of the molecule is O=C(OCC1CO1)c1ccc(-c2ccc(C(=O)OC[C@H]3CO3)cc2)cc1. The van der Waals surface area contributed by atoms with Crippen molar-refractivity contribution in [2.75, 3.05) is 26.4 Å². The summed E-state index contributed by atoms with van der Waals surface area (Å²) in [6.45, 7) is 1.91. The van der Waals surface area contributed by atoms with Gasteiger partial charge < -0.3 is 18.9 Å². The van der Waals surface area contributed by atoms with E-state index in [0.29, 0.717) is 37.6 Å². The van der Waals surface area contributed by atoms with E-state index in [9.17, 15) is 9.59 Å². The summed E-state index contributed by atoms with van der Waals surface area (Å²) >= 11 is 0. The summed E-state index contributed by atoms with van der Waals surface area (Å²) in [7, 11) is 0. The van der Waals surface area contributed by atoms with Crippen LogP contribution in [0.1, 0.15) is 20.7 Å². The molecule has 6 heteroatoms. The lowest BCUT2D eigenvalue weighted by molar-refractivity contribution is 0.0468. The molecule has 0 amide bonds. The Hall–Kier alpha value is -2.70.